The van der Waals surface area contributed by atoms with Crippen LogP contribution in [0, 0.1) is 29.2 Å². The monoisotopic (exact) mass is 655 g/mol. The number of esters is 1. The molecule has 0 amide bonds. The number of carbonyl (C=O) groups excluding carboxylic acids is 1. The van der Waals surface area contributed by atoms with Crippen molar-refractivity contribution in [3.63, 3.8) is 0 Å². The highest BCUT2D eigenvalue weighted by atomic mass is 79.9. The Bertz CT molecular complexity index is 1200. The molecular weight excluding hydrogens is 634 g/mol. The SMILES string of the molecule is CCOC(=O)C(C=NC(CO)C(C)C)=C(O)c1cc(Br)c(F)cc1F.O=C(O)c1cc(Br)c(F)cc1F. The number of carboxylic acid groups (broad SMARTS) is 1. The standard InChI is InChI=1S/C17H20BrF2NO4.C7H3BrF2O2/c1-4-25-17(24)11(7-21-15(8-22)9(2)3)16(23)10-5-12(18)14(20)6-13(10)19;8-4-1-3(7(11)12)5(9)2-6(4)10/h5-7,9,15,22-23H,4,8H2,1-3H3;1-2H,(H,11,12). The molecule has 1 unspecified atom stereocenters. The van der Waals surface area contributed by atoms with Crippen molar-refractivity contribution >= 4 is 55.8 Å². The number of aliphatic hydroxyl groups is 2. The minimum absolute atomic E-state index is 0.0245. The maximum atomic E-state index is 14.0. The molecule has 0 aromatic heterocycles. The van der Waals surface area contributed by atoms with Gasteiger partial charge in [-0.15, -0.1) is 0 Å². The molecule has 0 heterocycles. The Morgan fingerprint density at radius 3 is 1.86 bits per heavy atom. The van der Waals surface area contributed by atoms with Crippen LogP contribution in [0.25, 0.3) is 5.76 Å². The van der Waals surface area contributed by atoms with E-state index in [0.29, 0.717) is 12.1 Å². The van der Waals surface area contributed by atoms with E-state index in [9.17, 15) is 37.4 Å². The van der Waals surface area contributed by atoms with Crippen LogP contribution < -0.4 is 0 Å². The van der Waals surface area contributed by atoms with E-state index in [1.807, 2.05) is 13.8 Å². The normalized spacial score (nSPS) is 12.6. The summed E-state index contributed by atoms with van der Waals surface area (Å²) in [5.74, 6) is -6.89. The van der Waals surface area contributed by atoms with Crippen molar-refractivity contribution in [3.8, 4) is 0 Å². The number of hydrogen-bond donors (Lipinski definition) is 3. The molecule has 0 aliphatic rings. The van der Waals surface area contributed by atoms with E-state index in [2.05, 4.69) is 36.9 Å². The Morgan fingerprint density at radius 1 is 0.946 bits per heavy atom. The van der Waals surface area contributed by atoms with E-state index < -0.39 is 58.1 Å². The zero-order chi connectivity index (χ0) is 28.4. The molecule has 37 heavy (non-hydrogen) atoms. The second kappa shape index (κ2) is 14.8. The maximum absolute atomic E-state index is 14.0. The molecule has 0 saturated heterocycles. The quantitative estimate of drug-likeness (QED) is 0.0793. The van der Waals surface area contributed by atoms with E-state index in [-0.39, 0.29) is 33.6 Å². The summed E-state index contributed by atoms with van der Waals surface area (Å²) in [6, 6.07) is 2.49. The van der Waals surface area contributed by atoms with Gasteiger partial charge in [0.15, 0.2) is 0 Å². The molecule has 0 fully saturated rings. The average Bonchev–Trinajstić information content (AvgIpc) is 2.81. The minimum Gasteiger partial charge on any atom is -0.506 e. The van der Waals surface area contributed by atoms with Crippen LogP contribution in [0.2, 0.25) is 0 Å². The van der Waals surface area contributed by atoms with Crippen molar-refractivity contribution in [2.24, 2.45) is 10.9 Å². The molecule has 1 atom stereocenters. The molecule has 0 radical (unpaired) electrons. The third-order valence-electron chi connectivity index (χ3n) is 4.61. The number of carboxylic acids is 1. The van der Waals surface area contributed by atoms with Gasteiger partial charge in [-0.25, -0.2) is 27.2 Å². The molecule has 0 aliphatic carbocycles. The Morgan fingerprint density at radius 2 is 1.43 bits per heavy atom. The highest BCUT2D eigenvalue weighted by Crippen LogP contribution is 2.26. The van der Waals surface area contributed by atoms with E-state index >= 15 is 0 Å². The number of ether oxygens (including phenoxy) is 1. The Labute approximate surface area is 226 Å². The van der Waals surface area contributed by atoms with Crippen LogP contribution in [0.3, 0.4) is 0 Å². The number of hydrogen-bond acceptors (Lipinski definition) is 6. The molecule has 13 heteroatoms. The van der Waals surface area contributed by atoms with Gasteiger partial charge in [0.2, 0.25) is 0 Å². The molecule has 0 saturated carbocycles. The lowest BCUT2D eigenvalue weighted by atomic mass is 10.1. The third kappa shape index (κ3) is 9.24. The molecule has 0 spiro atoms. The number of aromatic carboxylic acids is 1. The van der Waals surface area contributed by atoms with Crippen molar-refractivity contribution in [3.05, 3.63) is 73.2 Å². The predicted molar refractivity (Wildman–Crippen MR) is 135 cm³/mol. The predicted octanol–water partition coefficient (Wildman–Crippen LogP) is 6.07. The van der Waals surface area contributed by atoms with Gasteiger partial charge < -0.3 is 20.1 Å². The molecule has 2 aromatic carbocycles. The van der Waals surface area contributed by atoms with Crippen molar-refractivity contribution in [1.29, 1.82) is 0 Å². The molecular formula is C24H23Br2F4NO6. The van der Waals surface area contributed by atoms with Gasteiger partial charge in [-0.3, -0.25) is 4.99 Å². The number of aliphatic hydroxyl groups excluding tert-OH is 2. The van der Waals surface area contributed by atoms with Crippen molar-refractivity contribution in [2.75, 3.05) is 13.2 Å². The lowest BCUT2D eigenvalue weighted by Crippen LogP contribution is -2.19. The maximum Gasteiger partial charge on any atom is 0.343 e. The van der Waals surface area contributed by atoms with Crippen LogP contribution in [0.5, 0.6) is 0 Å². The largest absolute Gasteiger partial charge is 0.506 e. The first-order chi connectivity index (χ1) is 17.2. The summed E-state index contributed by atoms with van der Waals surface area (Å²) >= 11 is 5.64. The van der Waals surface area contributed by atoms with E-state index in [1.54, 1.807) is 6.92 Å². The van der Waals surface area contributed by atoms with Gasteiger partial charge in [-0.05, 0) is 56.8 Å². The van der Waals surface area contributed by atoms with Gasteiger partial charge in [0.1, 0.15) is 34.6 Å². The van der Waals surface area contributed by atoms with E-state index in [1.165, 1.54) is 0 Å². The summed E-state index contributed by atoms with van der Waals surface area (Å²) in [6.45, 7) is 4.99. The van der Waals surface area contributed by atoms with E-state index in [4.69, 9.17) is 9.84 Å². The van der Waals surface area contributed by atoms with Crippen LogP contribution >= 0.6 is 31.9 Å². The fourth-order valence-corrected chi connectivity index (χ4v) is 3.24. The average molecular weight is 657 g/mol. The number of benzene rings is 2. The zero-order valence-corrected chi connectivity index (χ0v) is 22.9. The summed E-state index contributed by atoms with van der Waals surface area (Å²) in [5, 5.41) is 28.0. The molecule has 7 nitrogen and oxygen atoms in total. The van der Waals surface area contributed by atoms with Gasteiger partial charge >= 0.3 is 11.9 Å². The van der Waals surface area contributed by atoms with Crippen LogP contribution in [0.4, 0.5) is 17.6 Å². The lowest BCUT2D eigenvalue weighted by Gasteiger charge is -2.13. The van der Waals surface area contributed by atoms with E-state index in [0.717, 1.165) is 18.3 Å². The van der Waals surface area contributed by atoms with Crippen LogP contribution in [0.15, 0.2) is 43.8 Å². The van der Waals surface area contributed by atoms with Crippen LogP contribution in [-0.2, 0) is 9.53 Å². The van der Waals surface area contributed by atoms with Gasteiger partial charge in [0.25, 0.3) is 0 Å². The van der Waals surface area contributed by atoms with Crippen molar-refractivity contribution < 1.29 is 47.2 Å². The smallest absolute Gasteiger partial charge is 0.343 e. The first-order valence-corrected chi connectivity index (χ1v) is 12.1. The Kier molecular flexibility index (Phi) is 12.9. The highest BCUT2D eigenvalue weighted by molar-refractivity contribution is 9.10. The van der Waals surface area contributed by atoms with Gasteiger partial charge in [-0.2, -0.15) is 0 Å². The molecule has 3 N–H and O–H groups in total. The first kappa shape index (κ1) is 32.3. The summed E-state index contributed by atoms with van der Waals surface area (Å²) in [4.78, 5) is 26.5. The third-order valence-corrected chi connectivity index (χ3v) is 5.82. The number of nitrogens with zero attached hydrogens (tertiary/aromatic N) is 1. The fourth-order valence-electron chi connectivity index (χ4n) is 2.56. The highest BCUT2D eigenvalue weighted by Gasteiger charge is 2.21. The Balaban J connectivity index is 0.000000474. The zero-order valence-electron chi connectivity index (χ0n) is 19.7. The number of carbonyl (C=O) groups is 2. The van der Waals surface area contributed by atoms with Crippen molar-refractivity contribution in [2.45, 2.75) is 26.8 Å². The number of aliphatic imine (C=N–C) groups is 1. The van der Waals surface area contributed by atoms with Crippen LogP contribution in [0.1, 0.15) is 36.7 Å². The molecule has 202 valence electrons. The molecule has 2 rings (SSSR count). The number of rotatable bonds is 8. The van der Waals surface area contributed by atoms with Gasteiger partial charge in [0, 0.05) is 18.3 Å². The summed E-state index contributed by atoms with van der Waals surface area (Å²) in [5.41, 5.74) is -1.32. The van der Waals surface area contributed by atoms with Gasteiger partial charge in [0.05, 0.1) is 39.3 Å². The summed E-state index contributed by atoms with van der Waals surface area (Å²) < 4.78 is 57.2. The minimum atomic E-state index is -1.42. The molecule has 0 aliphatic heterocycles. The summed E-state index contributed by atoms with van der Waals surface area (Å²) in [7, 11) is 0. The second-order valence-electron chi connectivity index (χ2n) is 7.55. The Hall–Kier alpha value is -2.77. The fraction of sp³-hybridized carbons (Fsp3) is 0.292. The second-order valence-corrected chi connectivity index (χ2v) is 9.26. The molecule has 0 bridgehead atoms. The molecule has 2 aromatic rings. The van der Waals surface area contributed by atoms with Crippen molar-refractivity contribution in [1.82, 2.24) is 0 Å². The first-order valence-electron chi connectivity index (χ1n) is 10.5. The van der Waals surface area contributed by atoms with Crippen LogP contribution in [-0.4, -0.2) is 52.7 Å². The lowest BCUT2D eigenvalue weighted by molar-refractivity contribution is -0.137. The topological polar surface area (TPSA) is 116 Å². The number of halogens is 6. The van der Waals surface area contributed by atoms with Gasteiger partial charge in [-0.1, -0.05) is 13.8 Å². The summed E-state index contributed by atoms with van der Waals surface area (Å²) in [6.07, 6.45) is 1.03.